The molecule has 0 heterocycles. The van der Waals surface area contributed by atoms with Gasteiger partial charge in [-0.05, 0) is 59.7 Å². The molecule has 2 nitrogen and oxygen atoms in total. The van der Waals surface area contributed by atoms with E-state index < -0.39 is 0 Å². The Bertz CT molecular complexity index is 628. The van der Waals surface area contributed by atoms with E-state index in [9.17, 15) is 9.18 Å². The highest BCUT2D eigenvalue weighted by molar-refractivity contribution is 14.1. The van der Waals surface area contributed by atoms with Crippen LogP contribution in [0.4, 0.5) is 10.1 Å². The van der Waals surface area contributed by atoms with E-state index in [-0.39, 0.29) is 11.7 Å². The molecule has 0 fully saturated rings. The second kappa shape index (κ2) is 6.83. The molecule has 1 N–H and O–H groups in total. The Balaban J connectivity index is 1.92. The van der Waals surface area contributed by atoms with Gasteiger partial charge in [-0.15, -0.1) is 0 Å². The number of hydrogen-bond acceptors (Lipinski definition) is 1. The van der Waals surface area contributed by atoms with E-state index in [2.05, 4.69) is 11.4 Å². The average molecular weight is 383 g/mol. The molecule has 0 aliphatic rings. The molecule has 2 aromatic carbocycles. The first-order valence-electron chi connectivity index (χ1n) is 6.35. The summed E-state index contributed by atoms with van der Waals surface area (Å²) in [6.45, 7) is 2.03. The minimum Gasteiger partial charge on any atom is -0.325 e. The molecule has 0 unspecified atom stereocenters. The summed E-state index contributed by atoms with van der Waals surface area (Å²) in [4.78, 5) is 11.9. The number of benzene rings is 2. The molecule has 20 heavy (non-hydrogen) atoms. The molecular weight excluding hydrogens is 368 g/mol. The zero-order valence-corrected chi connectivity index (χ0v) is 13.3. The number of hydrogen-bond donors (Lipinski definition) is 1. The molecule has 0 aliphatic carbocycles. The molecule has 2 rings (SSSR count). The van der Waals surface area contributed by atoms with Gasteiger partial charge in [0.15, 0.2) is 0 Å². The van der Waals surface area contributed by atoms with Crippen molar-refractivity contribution >= 4 is 34.2 Å². The maximum Gasteiger partial charge on any atom is 0.224 e. The zero-order valence-electron chi connectivity index (χ0n) is 11.1. The third-order valence-electron chi connectivity index (χ3n) is 2.93. The summed E-state index contributed by atoms with van der Waals surface area (Å²) in [5.41, 5.74) is 2.99. The van der Waals surface area contributed by atoms with Gasteiger partial charge in [-0.25, -0.2) is 4.39 Å². The van der Waals surface area contributed by atoms with E-state index in [1.165, 1.54) is 17.7 Å². The van der Waals surface area contributed by atoms with Crippen molar-refractivity contribution in [2.75, 3.05) is 5.32 Å². The van der Waals surface area contributed by atoms with Crippen molar-refractivity contribution in [3.05, 3.63) is 63.0 Å². The summed E-state index contributed by atoms with van der Waals surface area (Å²) in [6.07, 6.45) is 1.11. The number of anilines is 1. The Morgan fingerprint density at radius 3 is 2.75 bits per heavy atom. The molecule has 0 spiro atoms. The lowest BCUT2D eigenvalue weighted by Gasteiger charge is -2.08. The predicted octanol–water partition coefficient (Wildman–Crippen LogP) is 4.31. The zero-order chi connectivity index (χ0) is 14.5. The molecule has 2 aromatic rings. The molecule has 0 saturated carbocycles. The molecular formula is C16H15FINO. The molecule has 1 amide bonds. The minimum absolute atomic E-state index is 0.0592. The van der Waals surface area contributed by atoms with Crippen LogP contribution in [-0.2, 0) is 11.2 Å². The van der Waals surface area contributed by atoms with E-state index in [1.54, 1.807) is 6.07 Å². The Labute approximate surface area is 131 Å². The van der Waals surface area contributed by atoms with Crippen LogP contribution in [0.2, 0.25) is 0 Å². The number of carbonyl (C=O) groups is 1. The van der Waals surface area contributed by atoms with Gasteiger partial charge in [-0.1, -0.05) is 29.8 Å². The lowest BCUT2D eigenvalue weighted by atomic mass is 10.1. The number of halogens is 2. The number of rotatable bonds is 4. The molecule has 0 aliphatic heterocycles. The maximum absolute atomic E-state index is 13.0. The lowest BCUT2D eigenvalue weighted by molar-refractivity contribution is -0.116. The van der Waals surface area contributed by atoms with Crippen LogP contribution < -0.4 is 5.32 Å². The monoisotopic (exact) mass is 383 g/mol. The number of nitrogens with one attached hydrogen (secondary N) is 1. The molecule has 0 saturated heterocycles. The fraction of sp³-hybridized carbons (Fsp3) is 0.188. The van der Waals surface area contributed by atoms with Crippen LogP contribution in [0.25, 0.3) is 0 Å². The van der Waals surface area contributed by atoms with Crippen LogP contribution >= 0.6 is 22.6 Å². The minimum atomic E-state index is -0.299. The highest BCUT2D eigenvalue weighted by Crippen LogP contribution is 2.19. The van der Waals surface area contributed by atoms with E-state index in [1.807, 2.05) is 47.7 Å². The van der Waals surface area contributed by atoms with Gasteiger partial charge < -0.3 is 5.32 Å². The second-order valence-corrected chi connectivity index (χ2v) is 5.82. The second-order valence-electron chi connectivity index (χ2n) is 4.66. The standard InChI is InChI=1S/C16H15FINO/c1-11-3-2-4-12(9-11)5-8-16(20)19-15-7-6-13(17)10-14(15)18/h2-4,6-7,9-10H,5,8H2,1H3,(H,19,20). The largest absolute Gasteiger partial charge is 0.325 e. The van der Waals surface area contributed by atoms with E-state index in [0.717, 1.165) is 5.56 Å². The third kappa shape index (κ3) is 4.30. The molecule has 4 heteroatoms. The average Bonchev–Trinajstić information content (AvgIpc) is 2.40. The maximum atomic E-state index is 13.0. The fourth-order valence-corrected chi connectivity index (χ4v) is 2.54. The highest BCUT2D eigenvalue weighted by Gasteiger charge is 2.07. The number of carbonyl (C=O) groups excluding carboxylic acids is 1. The fourth-order valence-electron chi connectivity index (χ4n) is 1.93. The molecule has 104 valence electrons. The van der Waals surface area contributed by atoms with E-state index in [4.69, 9.17) is 0 Å². The highest BCUT2D eigenvalue weighted by atomic mass is 127. The van der Waals surface area contributed by atoms with Crippen molar-refractivity contribution in [1.82, 2.24) is 0 Å². The normalized spacial score (nSPS) is 10.3. The molecule has 0 bridgehead atoms. The summed E-state index contributed by atoms with van der Waals surface area (Å²) < 4.78 is 13.7. The Hall–Kier alpha value is -1.43. The summed E-state index contributed by atoms with van der Waals surface area (Å²) in [5.74, 6) is -0.358. The Morgan fingerprint density at radius 1 is 1.25 bits per heavy atom. The predicted molar refractivity (Wildman–Crippen MR) is 87.2 cm³/mol. The topological polar surface area (TPSA) is 29.1 Å². The van der Waals surface area contributed by atoms with E-state index in [0.29, 0.717) is 22.1 Å². The summed E-state index contributed by atoms with van der Waals surface area (Å²) in [5, 5.41) is 2.81. The van der Waals surface area contributed by atoms with Crippen molar-refractivity contribution in [1.29, 1.82) is 0 Å². The van der Waals surface area contributed by atoms with Gasteiger partial charge in [-0.2, -0.15) is 0 Å². The van der Waals surface area contributed by atoms with Crippen molar-refractivity contribution in [2.45, 2.75) is 19.8 Å². The Kier molecular flexibility index (Phi) is 5.11. The smallest absolute Gasteiger partial charge is 0.224 e. The van der Waals surface area contributed by atoms with Crippen LogP contribution in [0.5, 0.6) is 0 Å². The quantitative estimate of drug-likeness (QED) is 0.784. The van der Waals surface area contributed by atoms with Crippen molar-refractivity contribution in [3.8, 4) is 0 Å². The SMILES string of the molecule is Cc1cccc(CCC(=O)Nc2ccc(F)cc2I)c1. The van der Waals surface area contributed by atoms with Gasteiger partial charge >= 0.3 is 0 Å². The third-order valence-corrected chi connectivity index (χ3v) is 3.82. The number of amides is 1. The van der Waals surface area contributed by atoms with Crippen LogP contribution in [0.1, 0.15) is 17.5 Å². The van der Waals surface area contributed by atoms with Gasteiger partial charge in [0.05, 0.1) is 5.69 Å². The van der Waals surface area contributed by atoms with Gasteiger partial charge in [0.2, 0.25) is 5.91 Å². The lowest BCUT2D eigenvalue weighted by Crippen LogP contribution is -2.13. The van der Waals surface area contributed by atoms with E-state index >= 15 is 0 Å². The van der Waals surface area contributed by atoms with Crippen molar-refractivity contribution < 1.29 is 9.18 Å². The summed E-state index contributed by atoms with van der Waals surface area (Å²) in [6, 6.07) is 12.4. The van der Waals surface area contributed by atoms with Crippen LogP contribution in [0.3, 0.4) is 0 Å². The van der Waals surface area contributed by atoms with Crippen LogP contribution in [0.15, 0.2) is 42.5 Å². The van der Waals surface area contributed by atoms with Crippen LogP contribution in [-0.4, -0.2) is 5.91 Å². The van der Waals surface area contributed by atoms with Gasteiger partial charge in [0.1, 0.15) is 5.82 Å². The van der Waals surface area contributed by atoms with Crippen molar-refractivity contribution in [2.24, 2.45) is 0 Å². The first-order valence-corrected chi connectivity index (χ1v) is 7.43. The summed E-state index contributed by atoms with van der Waals surface area (Å²) >= 11 is 2.01. The van der Waals surface area contributed by atoms with Gasteiger partial charge in [0.25, 0.3) is 0 Å². The van der Waals surface area contributed by atoms with Gasteiger partial charge in [-0.3, -0.25) is 4.79 Å². The Morgan fingerprint density at radius 2 is 2.05 bits per heavy atom. The van der Waals surface area contributed by atoms with Gasteiger partial charge in [0, 0.05) is 9.99 Å². The molecule has 0 atom stereocenters. The molecule has 0 aromatic heterocycles. The van der Waals surface area contributed by atoms with Crippen LogP contribution in [0, 0.1) is 16.3 Å². The summed E-state index contributed by atoms with van der Waals surface area (Å²) in [7, 11) is 0. The van der Waals surface area contributed by atoms with Crippen molar-refractivity contribution in [3.63, 3.8) is 0 Å². The molecule has 0 radical (unpaired) electrons. The first kappa shape index (κ1) is 15.0. The first-order chi connectivity index (χ1) is 9.54. The number of aryl methyl sites for hydroxylation is 2.